The fraction of sp³-hybridized carbons (Fsp3) is 0.133. The van der Waals surface area contributed by atoms with Gasteiger partial charge in [0.25, 0.3) is 0 Å². The summed E-state index contributed by atoms with van der Waals surface area (Å²) in [6.07, 6.45) is 0.827. The molecule has 0 aromatic heterocycles. The predicted octanol–water partition coefficient (Wildman–Crippen LogP) is 2.83. The highest BCUT2D eigenvalue weighted by atomic mass is 16.7. The van der Waals surface area contributed by atoms with Crippen LogP contribution in [-0.2, 0) is 16.1 Å². The van der Waals surface area contributed by atoms with E-state index in [1.807, 2.05) is 54.6 Å². The molecule has 0 amide bonds. The Balaban J connectivity index is 2.01. The largest absolute Gasteiger partial charge is 0.457 e. The Labute approximate surface area is 111 Å². The SMILES string of the molecule is NOC(=O)CCc1cccc(Oc2ccccc2)c1. The minimum atomic E-state index is -0.422. The molecular weight excluding hydrogens is 242 g/mol. The topological polar surface area (TPSA) is 61.5 Å². The molecule has 0 heterocycles. The van der Waals surface area contributed by atoms with Gasteiger partial charge in [0.15, 0.2) is 0 Å². The highest BCUT2D eigenvalue weighted by Gasteiger charge is 2.03. The Bertz CT molecular complexity index is 540. The first-order valence-electron chi connectivity index (χ1n) is 5.99. The molecule has 0 radical (unpaired) electrons. The second-order valence-electron chi connectivity index (χ2n) is 4.05. The van der Waals surface area contributed by atoms with Crippen LogP contribution in [0.5, 0.6) is 11.5 Å². The van der Waals surface area contributed by atoms with Crippen molar-refractivity contribution in [2.45, 2.75) is 12.8 Å². The van der Waals surface area contributed by atoms with Crippen molar-refractivity contribution < 1.29 is 14.4 Å². The van der Waals surface area contributed by atoms with Gasteiger partial charge in [0.2, 0.25) is 0 Å². The Morgan fingerprint density at radius 3 is 2.47 bits per heavy atom. The Hall–Kier alpha value is -2.33. The molecule has 2 N–H and O–H groups in total. The van der Waals surface area contributed by atoms with Crippen molar-refractivity contribution in [2.75, 3.05) is 0 Å². The minimum absolute atomic E-state index is 0.255. The summed E-state index contributed by atoms with van der Waals surface area (Å²) >= 11 is 0. The normalized spacial score (nSPS) is 9.95. The quantitative estimate of drug-likeness (QED) is 0.837. The second-order valence-corrected chi connectivity index (χ2v) is 4.05. The highest BCUT2D eigenvalue weighted by Crippen LogP contribution is 2.22. The fourth-order valence-electron chi connectivity index (χ4n) is 1.69. The summed E-state index contributed by atoms with van der Waals surface area (Å²) in [7, 11) is 0. The molecule has 0 unspecified atom stereocenters. The third-order valence-electron chi connectivity index (χ3n) is 2.63. The van der Waals surface area contributed by atoms with E-state index in [0.29, 0.717) is 6.42 Å². The third kappa shape index (κ3) is 4.12. The molecule has 2 aromatic carbocycles. The van der Waals surface area contributed by atoms with Crippen LogP contribution < -0.4 is 10.6 Å². The fourth-order valence-corrected chi connectivity index (χ4v) is 1.69. The van der Waals surface area contributed by atoms with E-state index in [-0.39, 0.29) is 6.42 Å². The van der Waals surface area contributed by atoms with Crippen LogP contribution in [0.4, 0.5) is 0 Å². The molecular formula is C15H15NO3. The predicted molar refractivity (Wildman–Crippen MR) is 71.6 cm³/mol. The lowest BCUT2D eigenvalue weighted by Gasteiger charge is -2.07. The zero-order valence-corrected chi connectivity index (χ0v) is 10.4. The average Bonchev–Trinajstić information content (AvgIpc) is 2.46. The Kier molecular flexibility index (Phi) is 4.53. The summed E-state index contributed by atoms with van der Waals surface area (Å²) in [6, 6.07) is 17.1. The average molecular weight is 257 g/mol. The van der Waals surface area contributed by atoms with E-state index < -0.39 is 5.97 Å². The lowest BCUT2D eigenvalue weighted by atomic mass is 10.1. The summed E-state index contributed by atoms with van der Waals surface area (Å²) in [5, 5.41) is 0. The van der Waals surface area contributed by atoms with Crippen LogP contribution in [0.2, 0.25) is 0 Å². The smallest absolute Gasteiger partial charge is 0.324 e. The van der Waals surface area contributed by atoms with Crippen LogP contribution in [-0.4, -0.2) is 5.97 Å². The van der Waals surface area contributed by atoms with Crippen molar-refractivity contribution in [3.8, 4) is 11.5 Å². The molecule has 0 spiro atoms. The molecule has 0 bridgehead atoms. The second kappa shape index (κ2) is 6.56. The van der Waals surface area contributed by atoms with Crippen molar-refractivity contribution in [1.82, 2.24) is 0 Å². The van der Waals surface area contributed by atoms with E-state index in [1.54, 1.807) is 0 Å². The molecule has 2 rings (SSSR count). The van der Waals surface area contributed by atoms with Crippen molar-refractivity contribution in [2.24, 2.45) is 5.90 Å². The standard InChI is InChI=1S/C15H15NO3/c16-19-15(17)10-9-12-5-4-8-14(11-12)18-13-6-2-1-3-7-13/h1-8,11H,9-10,16H2. The number of hydrogen-bond donors (Lipinski definition) is 1. The number of aryl methyl sites for hydroxylation is 1. The number of carbonyl (C=O) groups excluding carboxylic acids is 1. The highest BCUT2D eigenvalue weighted by molar-refractivity contribution is 5.69. The third-order valence-corrected chi connectivity index (χ3v) is 2.63. The van der Waals surface area contributed by atoms with E-state index in [0.717, 1.165) is 17.1 Å². The maximum Gasteiger partial charge on any atom is 0.324 e. The van der Waals surface area contributed by atoms with Crippen LogP contribution in [0.3, 0.4) is 0 Å². The van der Waals surface area contributed by atoms with Gasteiger partial charge >= 0.3 is 5.97 Å². The van der Waals surface area contributed by atoms with Crippen molar-refractivity contribution in [3.05, 3.63) is 60.2 Å². The summed E-state index contributed by atoms with van der Waals surface area (Å²) in [6.45, 7) is 0. The molecule has 4 heteroatoms. The van der Waals surface area contributed by atoms with Gasteiger partial charge in [-0.15, -0.1) is 0 Å². The van der Waals surface area contributed by atoms with E-state index in [9.17, 15) is 4.79 Å². The maximum absolute atomic E-state index is 11.0. The summed E-state index contributed by atoms with van der Waals surface area (Å²) < 4.78 is 5.71. The van der Waals surface area contributed by atoms with Crippen molar-refractivity contribution >= 4 is 5.97 Å². The van der Waals surface area contributed by atoms with Gasteiger partial charge in [-0.25, -0.2) is 0 Å². The molecule has 0 aliphatic rings. The van der Waals surface area contributed by atoms with Gasteiger partial charge in [-0.05, 0) is 36.2 Å². The number of carbonyl (C=O) groups is 1. The summed E-state index contributed by atoms with van der Waals surface area (Å²) in [5.74, 6) is 5.89. The van der Waals surface area contributed by atoms with Crippen LogP contribution >= 0.6 is 0 Å². The van der Waals surface area contributed by atoms with E-state index in [4.69, 9.17) is 10.6 Å². The van der Waals surface area contributed by atoms with Crippen molar-refractivity contribution in [1.29, 1.82) is 0 Å². The van der Waals surface area contributed by atoms with Gasteiger partial charge in [0, 0.05) is 0 Å². The summed E-state index contributed by atoms with van der Waals surface area (Å²) in [4.78, 5) is 15.1. The first-order chi connectivity index (χ1) is 9.28. The number of ether oxygens (including phenoxy) is 1. The Morgan fingerprint density at radius 1 is 1.00 bits per heavy atom. The van der Waals surface area contributed by atoms with Gasteiger partial charge in [-0.2, -0.15) is 5.90 Å². The lowest BCUT2D eigenvalue weighted by molar-refractivity contribution is -0.144. The first kappa shape index (κ1) is 13.1. The molecule has 19 heavy (non-hydrogen) atoms. The molecule has 98 valence electrons. The molecule has 2 aromatic rings. The van der Waals surface area contributed by atoms with E-state index in [1.165, 1.54) is 0 Å². The number of rotatable bonds is 5. The number of hydrogen-bond acceptors (Lipinski definition) is 4. The van der Waals surface area contributed by atoms with Gasteiger partial charge in [0.1, 0.15) is 11.5 Å². The zero-order chi connectivity index (χ0) is 13.5. The molecule has 0 aliphatic heterocycles. The lowest BCUT2D eigenvalue weighted by Crippen LogP contribution is -2.10. The van der Waals surface area contributed by atoms with E-state index in [2.05, 4.69) is 4.84 Å². The molecule has 0 aliphatic carbocycles. The van der Waals surface area contributed by atoms with Gasteiger partial charge < -0.3 is 9.57 Å². The van der Waals surface area contributed by atoms with E-state index >= 15 is 0 Å². The number of nitrogens with two attached hydrogens (primary N) is 1. The zero-order valence-electron chi connectivity index (χ0n) is 10.4. The molecule has 0 atom stereocenters. The number of para-hydroxylation sites is 1. The Morgan fingerprint density at radius 2 is 1.74 bits per heavy atom. The molecule has 0 saturated heterocycles. The van der Waals surface area contributed by atoms with Crippen LogP contribution in [0.25, 0.3) is 0 Å². The van der Waals surface area contributed by atoms with Crippen molar-refractivity contribution in [3.63, 3.8) is 0 Å². The molecule has 0 saturated carbocycles. The van der Waals surface area contributed by atoms with Crippen LogP contribution in [0.15, 0.2) is 54.6 Å². The maximum atomic E-state index is 11.0. The van der Waals surface area contributed by atoms with Crippen LogP contribution in [0, 0.1) is 0 Å². The van der Waals surface area contributed by atoms with Gasteiger partial charge in [0.05, 0.1) is 6.42 Å². The minimum Gasteiger partial charge on any atom is -0.457 e. The monoisotopic (exact) mass is 257 g/mol. The van der Waals surface area contributed by atoms with Gasteiger partial charge in [-0.3, -0.25) is 4.79 Å². The summed E-state index contributed by atoms with van der Waals surface area (Å²) in [5.41, 5.74) is 0.999. The molecule has 0 fully saturated rings. The van der Waals surface area contributed by atoms with Crippen LogP contribution in [0.1, 0.15) is 12.0 Å². The number of benzene rings is 2. The first-order valence-corrected chi connectivity index (χ1v) is 5.99. The molecule has 4 nitrogen and oxygen atoms in total. The van der Waals surface area contributed by atoms with Gasteiger partial charge in [-0.1, -0.05) is 30.3 Å².